The van der Waals surface area contributed by atoms with E-state index in [1.54, 1.807) is 20.8 Å². The van der Waals surface area contributed by atoms with Gasteiger partial charge < -0.3 is 15.2 Å². The Morgan fingerprint density at radius 3 is 2.20 bits per heavy atom. The van der Waals surface area contributed by atoms with Crippen LogP contribution >= 0.6 is 12.6 Å². The molecule has 0 aliphatic heterocycles. The first kappa shape index (κ1) is 18.6. The van der Waals surface area contributed by atoms with Gasteiger partial charge in [-0.1, -0.05) is 0 Å². The molecule has 0 spiro atoms. The summed E-state index contributed by atoms with van der Waals surface area (Å²) in [5.41, 5.74) is -0.670. The van der Waals surface area contributed by atoms with E-state index in [2.05, 4.69) is 17.9 Å². The molecule has 2 amide bonds. The lowest BCUT2D eigenvalue weighted by atomic mass is 10.2. The predicted molar refractivity (Wildman–Crippen MR) is 76.9 cm³/mol. The molecular weight excluding hydrogens is 284 g/mol. The van der Waals surface area contributed by atoms with Crippen molar-refractivity contribution in [3.05, 3.63) is 0 Å². The van der Waals surface area contributed by atoms with Gasteiger partial charge in [0.25, 0.3) is 0 Å². The fourth-order valence-electron chi connectivity index (χ4n) is 1.15. The fourth-order valence-corrected chi connectivity index (χ4v) is 1.39. The number of nitrogens with zero attached hydrogens (tertiary/aromatic N) is 1. The van der Waals surface area contributed by atoms with Gasteiger partial charge in [0.2, 0.25) is 5.91 Å². The number of carboxylic acids is 1. The van der Waals surface area contributed by atoms with E-state index in [1.807, 2.05) is 0 Å². The Labute approximate surface area is 124 Å². The predicted octanol–water partition coefficient (Wildman–Crippen LogP) is 0.741. The average molecular weight is 306 g/mol. The maximum atomic E-state index is 11.9. The molecule has 0 aliphatic carbocycles. The summed E-state index contributed by atoms with van der Waals surface area (Å²) in [7, 11) is 1.41. The lowest BCUT2D eigenvalue weighted by molar-refractivity contribution is -0.141. The molecule has 0 bridgehead atoms. The van der Waals surface area contributed by atoms with E-state index in [9.17, 15) is 14.4 Å². The first-order chi connectivity index (χ1) is 8.99. The van der Waals surface area contributed by atoms with Gasteiger partial charge in [-0.2, -0.15) is 12.6 Å². The van der Waals surface area contributed by atoms with Gasteiger partial charge in [-0.25, -0.2) is 9.59 Å². The molecule has 116 valence electrons. The minimum Gasteiger partial charge on any atom is -0.480 e. The lowest BCUT2D eigenvalue weighted by Gasteiger charge is -2.28. The summed E-state index contributed by atoms with van der Waals surface area (Å²) in [4.78, 5) is 35.6. The monoisotopic (exact) mass is 306 g/mol. The largest absolute Gasteiger partial charge is 0.480 e. The number of amides is 2. The van der Waals surface area contributed by atoms with Crippen LogP contribution in [0.15, 0.2) is 0 Å². The molecule has 2 N–H and O–H groups in total. The number of rotatable bonds is 5. The van der Waals surface area contributed by atoms with Crippen molar-refractivity contribution < 1.29 is 24.2 Å². The molecular formula is C12H22N2O5S. The number of aliphatic carboxylic acids is 1. The van der Waals surface area contributed by atoms with E-state index in [1.165, 1.54) is 14.0 Å². The van der Waals surface area contributed by atoms with Crippen LogP contribution in [-0.4, -0.2) is 58.5 Å². The maximum Gasteiger partial charge on any atom is 0.410 e. The standard InChI is InChI=1S/C12H22N2O5S/c1-7(9(15)13-8(6-20)10(16)17)14(5)11(18)19-12(2,3)4/h7-8,20H,6H2,1-5H3,(H,13,15)(H,16,17). The number of carbonyl (C=O) groups excluding carboxylic acids is 2. The van der Waals surface area contributed by atoms with Gasteiger partial charge in [-0.05, 0) is 27.7 Å². The summed E-state index contributed by atoms with van der Waals surface area (Å²) in [5.74, 6) is -1.80. The molecule has 0 aliphatic rings. The third-order valence-corrected chi connectivity index (χ3v) is 2.80. The van der Waals surface area contributed by atoms with Crippen LogP contribution in [0, 0.1) is 0 Å². The van der Waals surface area contributed by atoms with Gasteiger partial charge in [0, 0.05) is 12.8 Å². The zero-order valence-electron chi connectivity index (χ0n) is 12.3. The number of hydrogen-bond donors (Lipinski definition) is 3. The molecule has 8 heteroatoms. The first-order valence-electron chi connectivity index (χ1n) is 6.09. The Bertz CT molecular complexity index is 381. The second-order valence-electron chi connectivity index (χ2n) is 5.35. The van der Waals surface area contributed by atoms with Crippen LogP contribution in [0.1, 0.15) is 27.7 Å². The smallest absolute Gasteiger partial charge is 0.410 e. The Balaban J connectivity index is 4.64. The van der Waals surface area contributed by atoms with Crippen LogP contribution in [0.5, 0.6) is 0 Å². The Morgan fingerprint density at radius 2 is 1.85 bits per heavy atom. The summed E-state index contributed by atoms with van der Waals surface area (Å²) in [5, 5.41) is 11.1. The van der Waals surface area contributed by atoms with Crippen molar-refractivity contribution in [2.75, 3.05) is 12.8 Å². The average Bonchev–Trinajstić information content (AvgIpc) is 2.31. The second-order valence-corrected chi connectivity index (χ2v) is 5.71. The maximum absolute atomic E-state index is 11.9. The van der Waals surface area contributed by atoms with Crippen LogP contribution in [0.2, 0.25) is 0 Å². The van der Waals surface area contributed by atoms with Crippen LogP contribution < -0.4 is 5.32 Å². The molecule has 7 nitrogen and oxygen atoms in total. The highest BCUT2D eigenvalue weighted by Gasteiger charge is 2.29. The second kappa shape index (κ2) is 7.37. The summed E-state index contributed by atoms with van der Waals surface area (Å²) in [6.45, 7) is 6.62. The van der Waals surface area contributed by atoms with E-state index in [0.29, 0.717) is 0 Å². The minimum absolute atomic E-state index is 0.0378. The van der Waals surface area contributed by atoms with Gasteiger partial charge in [-0.15, -0.1) is 0 Å². The number of likely N-dealkylation sites (N-methyl/N-ethyl adjacent to an activating group) is 1. The molecule has 0 aromatic rings. The summed E-state index contributed by atoms with van der Waals surface area (Å²) in [6, 6.07) is -1.95. The lowest BCUT2D eigenvalue weighted by Crippen LogP contribution is -2.52. The van der Waals surface area contributed by atoms with Gasteiger partial charge >= 0.3 is 12.1 Å². The normalized spacial score (nSPS) is 14.1. The third-order valence-electron chi connectivity index (χ3n) is 2.44. The van der Waals surface area contributed by atoms with Gasteiger partial charge in [-0.3, -0.25) is 9.69 Å². The number of nitrogens with one attached hydrogen (secondary N) is 1. The van der Waals surface area contributed by atoms with E-state index in [4.69, 9.17) is 9.84 Å². The number of thiol groups is 1. The fraction of sp³-hybridized carbons (Fsp3) is 0.750. The summed E-state index contributed by atoms with van der Waals surface area (Å²) >= 11 is 3.85. The molecule has 0 fully saturated rings. The zero-order chi connectivity index (χ0) is 16.1. The molecule has 0 radical (unpaired) electrons. The zero-order valence-corrected chi connectivity index (χ0v) is 13.2. The highest BCUT2D eigenvalue weighted by atomic mass is 32.1. The molecule has 2 unspecified atom stereocenters. The number of carboxylic acid groups (broad SMARTS) is 1. The molecule has 0 heterocycles. The van der Waals surface area contributed by atoms with E-state index in [-0.39, 0.29) is 5.75 Å². The van der Waals surface area contributed by atoms with Gasteiger partial charge in [0.05, 0.1) is 0 Å². The van der Waals surface area contributed by atoms with Crippen LogP contribution in [0.4, 0.5) is 4.79 Å². The van der Waals surface area contributed by atoms with Crippen LogP contribution in [0.3, 0.4) is 0 Å². The quantitative estimate of drug-likeness (QED) is 0.651. The molecule has 0 aromatic heterocycles. The van der Waals surface area contributed by atoms with Crippen molar-refractivity contribution in [1.82, 2.24) is 10.2 Å². The van der Waals surface area contributed by atoms with Crippen molar-refractivity contribution in [3.63, 3.8) is 0 Å². The summed E-state index contributed by atoms with van der Waals surface area (Å²) in [6.07, 6.45) is -0.655. The minimum atomic E-state index is -1.18. The van der Waals surface area contributed by atoms with Crippen molar-refractivity contribution in [2.45, 2.75) is 45.4 Å². The number of hydrogen-bond acceptors (Lipinski definition) is 5. The Kier molecular flexibility index (Phi) is 6.84. The number of ether oxygens (including phenoxy) is 1. The van der Waals surface area contributed by atoms with Crippen molar-refractivity contribution in [3.8, 4) is 0 Å². The van der Waals surface area contributed by atoms with E-state index < -0.39 is 35.7 Å². The van der Waals surface area contributed by atoms with Crippen molar-refractivity contribution >= 4 is 30.6 Å². The van der Waals surface area contributed by atoms with Gasteiger partial charge in [0.15, 0.2) is 0 Å². The number of carbonyl (C=O) groups is 3. The molecule has 20 heavy (non-hydrogen) atoms. The van der Waals surface area contributed by atoms with E-state index in [0.717, 1.165) is 4.90 Å². The SMILES string of the molecule is CC(C(=O)NC(CS)C(=O)O)N(C)C(=O)OC(C)(C)C. The molecule has 0 rings (SSSR count). The van der Waals surface area contributed by atoms with Gasteiger partial charge in [0.1, 0.15) is 17.7 Å². The highest BCUT2D eigenvalue weighted by molar-refractivity contribution is 7.80. The summed E-state index contributed by atoms with van der Waals surface area (Å²) < 4.78 is 5.13. The molecule has 0 aromatic carbocycles. The third kappa shape index (κ3) is 6.14. The van der Waals surface area contributed by atoms with Crippen LogP contribution in [-0.2, 0) is 14.3 Å². The Hall–Kier alpha value is -1.44. The van der Waals surface area contributed by atoms with Crippen molar-refractivity contribution in [2.24, 2.45) is 0 Å². The molecule has 0 saturated carbocycles. The highest BCUT2D eigenvalue weighted by Crippen LogP contribution is 2.10. The van der Waals surface area contributed by atoms with Crippen LogP contribution in [0.25, 0.3) is 0 Å². The first-order valence-corrected chi connectivity index (χ1v) is 6.72. The van der Waals surface area contributed by atoms with Crippen molar-refractivity contribution in [1.29, 1.82) is 0 Å². The molecule has 2 atom stereocenters. The molecule has 0 saturated heterocycles. The Morgan fingerprint density at radius 1 is 1.35 bits per heavy atom. The van der Waals surface area contributed by atoms with E-state index >= 15 is 0 Å². The topological polar surface area (TPSA) is 95.9 Å².